The summed E-state index contributed by atoms with van der Waals surface area (Å²) in [4.78, 5) is 9.59. The lowest BCUT2D eigenvalue weighted by molar-refractivity contribution is -0.143. The minimum absolute atomic E-state index is 0.0729. The molecular formula is C4H6ClO2. The zero-order valence-corrected chi connectivity index (χ0v) is 4.57. The minimum atomic E-state index is -1.03. The van der Waals surface area contributed by atoms with E-state index >= 15 is 0 Å². The molecule has 0 unspecified atom stereocenters. The first kappa shape index (κ1) is 6.76. The third-order valence-corrected chi connectivity index (χ3v) is 0.782. The monoisotopic (exact) mass is 121 g/mol. The molecule has 0 aromatic rings. The van der Waals surface area contributed by atoms with E-state index in [9.17, 15) is 9.90 Å². The second-order valence-electron chi connectivity index (χ2n) is 1.16. The van der Waals surface area contributed by atoms with Gasteiger partial charge in [-0.25, -0.2) is 9.90 Å². The van der Waals surface area contributed by atoms with Crippen molar-refractivity contribution in [1.29, 1.82) is 0 Å². The Bertz CT molecular complexity index is 62.7. The Balaban J connectivity index is 2.82. The highest BCUT2D eigenvalue weighted by Gasteiger charge is 1.95. The van der Waals surface area contributed by atoms with Gasteiger partial charge in [-0.1, -0.05) is 0 Å². The van der Waals surface area contributed by atoms with Gasteiger partial charge in [0.15, 0.2) is 0 Å². The van der Waals surface area contributed by atoms with Crippen molar-refractivity contribution in [3.8, 4) is 0 Å². The highest BCUT2D eigenvalue weighted by molar-refractivity contribution is 6.17. The van der Waals surface area contributed by atoms with E-state index in [1.807, 2.05) is 0 Å². The Morgan fingerprint density at radius 3 is 2.29 bits per heavy atom. The summed E-state index contributed by atoms with van der Waals surface area (Å²) in [5.74, 6) is -0.630. The van der Waals surface area contributed by atoms with Crippen LogP contribution in [0.5, 0.6) is 0 Å². The highest BCUT2D eigenvalue weighted by Crippen LogP contribution is 1.89. The van der Waals surface area contributed by atoms with Gasteiger partial charge in [0.25, 0.3) is 0 Å². The van der Waals surface area contributed by atoms with Crippen LogP contribution in [0.15, 0.2) is 0 Å². The summed E-state index contributed by atoms with van der Waals surface area (Å²) in [6.07, 6.45) is 0.577. The topological polar surface area (TPSA) is 37.0 Å². The van der Waals surface area contributed by atoms with Crippen molar-refractivity contribution >= 4 is 17.6 Å². The molecule has 0 aliphatic rings. The molecule has 3 heteroatoms. The Labute approximate surface area is 47.1 Å². The first-order chi connectivity index (χ1) is 3.27. The fraction of sp³-hybridized carbons (Fsp3) is 0.750. The van der Waals surface area contributed by atoms with Crippen LogP contribution in [0.3, 0.4) is 0 Å². The van der Waals surface area contributed by atoms with E-state index in [2.05, 4.69) is 0 Å². The molecule has 0 heterocycles. The number of hydrogen-bond acceptors (Lipinski definition) is 1. The van der Waals surface area contributed by atoms with Crippen molar-refractivity contribution in [2.24, 2.45) is 0 Å². The van der Waals surface area contributed by atoms with Gasteiger partial charge in [0, 0.05) is 5.88 Å². The fourth-order valence-electron chi connectivity index (χ4n) is 0.211. The van der Waals surface area contributed by atoms with Gasteiger partial charge in [0.2, 0.25) is 0 Å². The van der Waals surface area contributed by atoms with Gasteiger partial charge in [0.05, 0.1) is 6.42 Å². The van der Waals surface area contributed by atoms with Crippen molar-refractivity contribution < 1.29 is 9.90 Å². The van der Waals surface area contributed by atoms with Crippen molar-refractivity contribution in [3.05, 3.63) is 0 Å². The molecule has 0 aliphatic carbocycles. The number of hydrogen-bond donors (Lipinski definition) is 0. The molecule has 0 N–H and O–H groups in total. The standard InChI is InChI=1S/C4H6ClO2/c5-3-1-2-4(6)7/h1-3H2. The summed E-state index contributed by atoms with van der Waals surface area (Å²) in [5.41, 5.74) is 0. The van der Waals surface area contributed by atoms with Gasteiger partial charge < -0.3 is 0 Å². The second kappa shape index (κ2) is 3.93. The van der Waals surface area contributed by atoms with E-state index < -0.39 is 5.97 Å². The van der Waals surface area contributed by atoms with Gasteiger partial charge in [-0.3, -0.25) is 0 Å². The molecule has 0 aromatic heterocycles. The molecule has 0 saturated carbocycles. The van der Waals surface area contributed by atoms with E-state index in [0.29, 0.717) is 12.3 Å². The third-order valence-electron chi connectivity index (χ3n) is 0.515. The predicted octanol–water partition coefficient (Wildman–Crippen LogP) is 0.962. The van der Waals surface area contributed by atoms with Crippen molar-refractivity contribution in [3.63, 3.8) is 0 Å². The lowest BCUT2D eigenvalue weighted by Crippen LogP contribution is -1.91. The highest BCUT2D eigenvalue weighted by atomic mass is 35.5. The van der Waals surface area contributed by atoms with Crippen LogP contribution in [-0.2, 0) is 9.90 Å². The third kappa shape index (κ3) is 5.76. The van der Waals surface area contributed by atoms with Crippen LogP contribution in [0.25, 0.3) is 0 Å². The average Bonchev–Trinajstić information content (AvgIpc) is 1.61. The van der Waals surface area contributed by atoms with Gasteiger partial charge in [-0.05, 0) is 6.42 Å². The number of carbonyl (C=O) groups is 1. The molecule has 0 saturated heterocycles. The molecule has 0 bridgehead atoms. The summed E-state index contributed by atoms with van der Waals surface area (Å²) in [6, 6.07) is 0. The van der Waals surface area contributed by atoms with E-state index in [0.717, 1.165) is 0 Å². The smallest absolute Gasteiger partial charge is 0.247 e. The molecule has 0 amide bonds. The number of halogens is 1. The molecule has 1 radical (unpaired) electrons. The van der Waals surface area contributed by atoms with Crippen LogP contribution in [0.2, 0.25) is 0 Å². The number of carbonyl (C=O) groups excluding carboxylic acids is 1. The van der Waals surface area contributed by atoms with Crippen LogP contribution in [0, 0.1) is 0 Å². The fourth-order valence-corrected chi connectivity index (χ4v) is 0.345. The van der Waals surface area contributed by atoms with Crippen molar-refractivity contribution in [2.45, 2.75) is 12.8 Å². The van der Waals surface area contributed by atoms with Crippen LogP contribution in [0.4, 0.5) is 0 Å². The Morgan fingerprint density at radius 2 is 2.14 bits per heavy atom. The van der Waals surface area contributed by atoms with Gasteiger partial charge in [0.1, 0.15) is 0 Å². The first-order valence-corrected chi connectivity index (χ1v) is 2.56. The number of rotatable bonds is 3. The normalized spacial score (nSPS) is 8.71. The van der Waals surface area contributed by atoms with Crippen LogP contribution < -0.4 is 0 Å². The second-order valence-corrected chi connectivity index (χ2v) is 1.54. The Hall–Kier alpha value is -0.240. The average molecular weight is 122 g/mol. The van der Waals surface area contributed by atoms with Gasteiger partial charge in [-0.15, -0.1) is 11.6 Å². The SMILES string of the molecule is [O]C(=O)CCCCl. The van der Waals surface area contributed by atoms with Crippen molar-refractivity contribution in [2.75, 3.05) is 5.88 Å². The summed E-state index contributed by atoms with van der Waals surface area (Å²) in [7, 11) is 0. The van der Waals surface area contributed by atoms with E-state index in [1.165, 1.54) is 0 Å². The van der Waals surface area contributed by atoms with Gasteiger partial charge in [-0.2, -0.15) is 0 Å². The molecule has 0 spiro atoms. The zero-order valence-electron chi connectivity index (χ0n) is 3.82. The first-order valence-electron chi connectivity index (χ1n) is 2.03. The molecular weight excluding hydrogens is 115 g/mol. The van der Waals surface area contributed by atoms with Gasteiger partial charge >= 0.3 is 5.97 Å². The molecule has 0 aliphatic heterocycles. The largest absolute Gasteiger partial charge is 0.355 e. The molecule has 0 atom stereocenters. The lowest BCUT2D eigenvalue weighted by atomic mass is 10.3. The Kier molecular flexibility index (Phi) is 3.80. The Morgan fingerprint density at radius 1 is 1.57 bits per heavy atom. The van der Waals surface area contributed by atoms with Crippen LogP contribution >= 0.6 is 11.6 Å². The summed E-state index contributed by atoms with van der Waals surface area (Å²) < 4.78 is 0. The predicted molar refractivity (Wildman–Crippen MR) is 25.6 cm³/mol. The molecule has 41 valence electrons. The molecule has 2 nitrogen and oxygen atoms in total. The quantitative estimate of drug-likeness (QED) is 0.513. The van der Waals surface area contributed by atoms with E-state index in [1.54, 1.807) is 0 Å². The lowest BCUT2D eigenvalue weighted by Gasteiger charge is -1.81. The maximum atomic E-state index is 9.59. The van der Waals surface area contributed by atoms with Crippen LogP contribution in [-0.4, -0.2) is 11.8 Å². The minimum Gasteiger partial charge on any atom is -0.247 e. The van der Waals surface area contributed by atoms with E-state index in [4.69, 9.17) is 11.6 Å². The zero-order chi connectivity index (χ0) is 5.70. The summed E-state index contributed by atoms with van der Waals surface area (Å²) in [6.45, 7) is 0. The van der Waals surface area contributed by atoms with Crippen molar-refractivity contribution in [1.82, 2.24) is 0 Å². The molecule has 0 aromatic carbocycles. The summed E-state index contributed by atoms with van der Waals surface area (Å²) >= 11 is 5.15. The maximum Gasteiger partial charge on any atom is 0.355 e. The van der Waals surface area contributed by atoms with Crippen LogP contribution in [0.1, 0.15) is 12.8 Å². The number of alkyl halides is 1. The van der Waals surface area contributed by atoms with E-state index in [-0.39, 0.29) is 6.42 Å². The molecule has 0 rings (SSSR count). The molecule has 7 heavy (non-hydrogen) atoms. The maximum absolute atomic E-state index is 9.59. The molecule has 0 fully saturated rings. The summed E-state index contributed by atoms with van der Waals surface area (Å²) in [5, 5.41) is 9.59.